The number of nitrogens with zero attached hydrogens (tertiary/aromatic N) is 1. The first-order chi connectivity index (χ1) is 7.59. The summed E-state index contributed by atoms with van der Waals surface area (Å²) in [5.74, 6) is 0. The minimum absolute atomic E-state index is 0.630. The molecule has 0 unspecified atom stereocenters. The normalized spacial score (nSPS) is 10.5. The first-order valence-corrected chi connectivity index (χ1v) is 6.49. The lowest BCUT2D eigenvalue weighted by Crippen LogP contribution is -1.91. The molecule has 1 aromatic carbocycles. The number of rotatable bonds is 1. The Balaban J connectivity index is 2.63. The molecule has 0 N–H and O–H groups in total. The van der Waals surface area contributed by atoms with Crippen molar-refractivity contribution in [3.8, 4) is 11.3 Å². The van der Waals surface area contributed by atoms with Crippen molar-refractivity contribution in [2.45, 2.75) is 6.92 Å². The molecule has 2 aromatic rings. The van der Waals surface area contributed by atoms with Crippen LogP contribution in [-0.2, 0) is 0 Å². The van der Waals surface area contributed by atoms with Crippen molar-refractivity contribution < 1.29 is 0 Å². The predicted molar refractivity (Wildman–Crippen MR) is 77.1 cm³/mol. The lowest BCUT2D eigenvalue weighted by Gasteiger charge is -2.08. The fourth-order valence-electron chi connectivity index (χ4n) is 1.47. The zero-order valence-corrected chi connectivity index (χ0v) is 12.1. The van der Waals surface area contributed by atoms with Crippen LogP contribution in [0.15, 0.2) is 30.5 Å². The summed E-state index contributed by atoms with van der Waals surface area (Å²) in [6.07, 6.45) is 1.79. The van der Waals surface area contributed by atoms with E-state index in [2.05, 4.69) is 27.6 Å². The fraction of sp³-hybridized carbons (Fsp3) is 0.0833. The van der Waals surface area contributed by atoms with Crippen LogP contribution < -0.4 is 0 Å². The zero-order chi connectivity index (χ0) is 11.7. The van der Waals surface area contributed by atoms with E-state index in [-0.39, 0.29) is 0 Å². The second-order valence-electron chi connectivity index (χ2n) is 3.39. The van der Waals surface area contributed by atoms with Crippen molar-refractivity contribution in [3.63, 3.8) is 0 Å². The Morgan fingerprint density at radius 2 is 1.94 bits per heavy atom. The summed E-state index contributed by atoms with van der Waals surface area (Å²) in [6.45, 7) is 2.04. The quantitative estimate of drug-likeness (QED) is 0.652. The number of benzene rings is 1. The van der Waals surface area contributed by atoms with Gasteiger partial charge >= 0.3 is 0 Å². The smallest absolute Gasteiger partial charge is 0.0756 e. The van der Waals surface area contributed by atoms with Gasteiger partial charge in [-0.15, -0.1) is 0 Å². The van der Waals surface area contributed by atoms with E-state index in [1.54, 1.807) is 12.3 Å². The highest BCUT2D eigenvalue weighted by Crippen LogP contribution is 2.32. The molecule has 0 atom stereocenters. The van der Waals surface area contributed by atoms with Gasteiger partial charge < -0.3 is 0 Å². The van der Waals surface area contributed by atoms with Crippen LogP contribution in [0.4, 0.5) is 0 Å². The van der Waals surface area contributed by atoms with Crippen LogP contribution in [0.2, 0.25) is 10.0 Å². The summed E-state index contributed by atoms with van der Waals surface area (Å²) in [5, 5.41) is 1.27. The first-order valence-electron chi connectivity index (χ1n) is 4.66. The van der Waals surface area contributed by atoms with E-state index in [1.165, 1.54) is 3.57 Å². The highest BCUT2D eigenvalue weighted by molar-refractivity contribution is 14.1. The number of halogens is 3. The van der Waals surface area contributed by atoms with Gasteiger partial charge in [-0.3, -0.25) is 4.98 Å². The maximum atomic E-state index is 6.16. The average Bonchev–Trinajstić information content (AvgIpc) is 2.23. The van der Waals surface area contributed by atoms with Gasteiger partial charge in [0.2, 0.25) is 0 Å². The standard InChI is InChI=1S/C12H8Cl2IN/c1-7-11(15)4-5-16-12(7)9-3-2-8(13)6-10(9)14/h2-6H,1H3. The lowest BCUT2D eigenvalue weighted by atomic mass is 10.1. The molecule has 16 heavy (non-hydrogen) atoms. The summed E-state index contributed by atoms with van der Waals surface area (Å²) >= 11 is 14.3. The van der Waals surface area contributed by atoms with Gasteiger partial charge in [0.15, 0.2) is 0 Å². The van der Waals surface area contributed by atoms with Crippen LogP contribution in [0.5, 0.6) is 0 Å². The molecule has 1 aromatic heterocycles. The molecule has 0 saturated carbocycles. The zero-order valence-electron chi connectivity index (χ0n) is 8.47. The largest absolute Gasteiger partial charge is 0.256 e. The molecule has 0 amide bonds. The maximum absolute atomic E-state index is 6.16. The SMILES string of the molecule is Cc1c(I)ccnc1-c1ccc(Cl)cc1Cl. The van der Waals surface area contributed by atoms with Crippen LogP contribution in [0.3, 0.4) is 0 Å². The van der Waals surface area contributed by atoms with Gasteiger partial charge in [-0.2, -0.15) is 0 Å². The molecule has 1 heterocycles. The second-order valence-corrected chi connectivity index (χ2v) is 5.40. The van der Waals surface area contributed by atoms with Crippen molar-refractivity contribution in [2.75, 3.05) is 0 Å². The average molecular weight is 364 g/mol. The third-order valence-electron chi connectivity index (χ3n) is 2.32. The molecule has 0 aliphatic heterocycles. The molecule has 82 valence electrons. The molecule has 0 bridgehead atoms. The van der Waals surface area contributed by atoms with E-state index in [0.717, 1.165) is 16.8 Å². The number of hydrogen-bond acceptors (Lipinski definition) is 1. The van der Waals surface area contributed by atoms with Crippen LogP contribution in [0.25, 0.3) is 11.3 Å². The topological polar surface area (TPSA) is 12.9 Å². The predicted octanol–water partition coefficient (Wildman–Crippen LogP) is 4.97. The Morgan fingerprint density at radius 3 is 2.62 bits per heavy atom. The van der Waals surface area contributed by atoms with E-state index in [9.17, 15) is 0 Å². The van der Waals surface area contributed by atoms with Gasteiger partial charge in [-0.05, 0) is 59.3 Å². The molecule has 1 nitrogen and oxygen atoms in total. The van der Waals surface area contributed by atoms with Crippen molar-refractivity contribution in [2.24, 2.45) is 0 Å². The van der Waals surface area contributed by atoms with Crippen LogP contribution in [-0.4, -0.2) is 4.98 Å². The monoisotopic (exact) mass is 363 g/mol. The molecule has 2 rings (SSSR count). The van der Waals surface area contributed by atoms with E-state index in [1.807, 2.05) is 25.1 Å². The number of hydrogen-bond donors (Lipinski definition) is 0. The van der Waals surface area contributed by atoms with Gasteiger partial charge in [0.1, 0.15) is 0 Å². The second kappa shape index (κ2) is 4.90. The number of aromatic nitrogens is 1. The Hall–Kier alpha value is -0.320. The van der Waals surface area contributed by atoms with Crippen molar-refractivity contribution in [1.29, 1.82) is 0 Å². The molecule has 0 fully saturated rings. The van der Waals surface area contributed by atoms with Gasteiger partial charge in [-0.25, -0.2) is 0 Å². The van der Waals surface area contributed by atoms with Gasteiger partial charge in [0.05, 0.1) is 10.7 Å². The summed E-state index contributed by atoms with van der Waals surface area (Å²) in [4.78, 5) is 4.37. The van der Waals surface area contributed by atoms with Crippen molar-refractivity contribution in [3.05, 3.63) is 49.6 Å². The molecule has 0 aliphatic rings. The third-order valence-corrected chi connectivity index (χ3v) is 4.04. The van der Waals surface area contributed by atoms with E-state index >= 15 is 0 Å². The highest BCUT2D eigenvalue weighted by atomic mass is 127. The van der Waals surface area contributed by atoms with Crippen LogP contribution >= 0.6 is 45.8 Å². The molecule has 0 radical (unpaired) electrons. The minimum Gasteiger partial charge on any atom is -0.256 e. The van der Waals surface area contributed by atoms with E-state index in [4.69, 9.17) is 23.2 Å². The molecular formula is C12H8Cl2IN. The Kier molecular flexibility index (Phi) is 3.72. The lowest BCUT2D eigenvalue weighted by molar-refractivity contribution is 1.25. The third kappa shape index (κ3) is 2.34. The highest BCUT2D eigenvalue weighted by Gasteiger charge is 2.09. The molecule has 0 aliphatic carbocycles. The van der Waals surface area contributed by atoms with E-state index < -0.39 is 0 Å². The Bertz CT molecular complexity index is 541. The summed E-state index contributed by atoms with van der Waals surface area (Å²) in [7, 11) is 0. The van der Waals surface area contributed by atoms with Crippen molar-refractivity contribution in [1.82, 2.24) is 4.98 Å². The van der Waals surface area contributed by atoms with Crippen LogP contribution in [0, 0.1) is 10.5 Å². The van der Waals surface area contributed by atoms with Gasteiger partial charge in [0.25, 0.3) is 0 Å². The van der Waals surface area contributed by atoms with Crippen molar-refractivity contribution >= 4 is 45.8 Å². The minimum atomic E-state index is 0.630. The van der Waals surface area contributed by atoms with Gasteiger partial charge in [-0.1, -0.05) is 23.2 Å². The van der Waals surface area contributed by atoms with E-state index in [0.29, 0.717) is 10.0 Å². The van der Waals surface area contributed by atoms with Crippen LogP contribution in [0.1, 0.15) is 5.56 Å². The molecule has 0 spiro atoms. The first kappa shape index (κ1) is 12.1. The summed E-state index contributed by atoms with van der Waals surface area (Å²) < 4.78 is 1.17. The molecule has 0 saturated heterocycles. The summed E-state index contributed by atoms with van der Waals surface area (Å²) in [6, 6.07) is 7.43. The Labute approximate surface area is 118 Å². The molecular weight excluding hydrogens is 356 g/mol. The maximum Gasteiger partial charge on any atom is 0.0756 e. The fourth-order valence-corrected chi connectivity index (χ4v) is 2.38. The number of pyridine rings is 1. The molecule has 4 heteroatoms. The van der Waals surface area contributed by atoms with Gasteiger partial charge in [0, 0.05) is 20.4 Å². The Morgan fingerprint density at radius 1 is 1.19 bits per heavy atom. The summed E-state index contributed by atoms with van der Waals surface area (Å²) in [5.41, 5.74) is 2.96.